The molecule has 5 aromatic rings. The van der Waals surface area contributed by atoms with Gasteiger partial charge in [-0.1, -0.05) is 48.5 Å². The Morgan fingerprint density at radius 3 is 2.54 bits per heavy atom. The standard InChI is InChI=1S/C29H24N4O2/c1-19-7-10-23-24(17-33(25(23)15-19)13-4-12-32-14-11-30-18-32)27-26(28(34)31-29(27)35)22-9-8-20-5-2-3-6-21(20)16-22/h2-3,5-11,14-18H,4,12-13H2,1H3,(H,31,34,35). The Balaban J connectivity index is 1.48. The van der Waals surface area contributed by atoms with E-state index >= 15 is 0 Å². The van der Waals surface area contributed by atoms with Gasteiger partial charge in [0, 0.05) is 48.1 Å². The maximum absolute atomic E-state index is 13.1. The summed E-state index contributed by atoms with van der Waals surface area (Å²) in [6.07, 6.45) is 8.49. The van der Waals surface area contributed by atoms with E-state index in [4.69, 9.17) is 0 Å². The SMILES string of the molecule is Cc1ccc2c(C3=C(c4ccc5ccccc5c4)C(=O)NC3=O)cn(CCCn3ccnc3)c2c1. The fourth-order valence-corrected chi connectivity index (χ4v) is 4.96. The van der Waals surface area contributed by atoms with Crippen LogP contribution in [0.4, 0.5) is 0 Å². The highest BCUT2D eigenvalue weighted by atomic mass is 16.2. The van der Waals surface area contributed by atoms with E-state index in [-0.39, 0.29) is 11.8 Å². The minimum atomic E-state index is -0.353. The summed E-state index contributed by atoms with van der Waals surface area (Å²) in [4.78, 5) is 30.2. The van der Waals surface area contributed by atoms with Gasteiger partial charge in [-0.05, 0) is 47.4 Å². The van der Waals surface area contributed by atoms with Gasteiger partial charge in [0.05, 0.1) is 17.5 Å². The van der Waals surface area contributed by atoms with E-state index in [1.165, 1.54) is 0 Å². The smallest absolute Gasteiger partial charge is 0.259 e. The van der Waals surface area contributed by atoms with Crippen molar-refractivity contribution in [3.8, 4) is 0 Å². The molecule has 0 spiro atoms. The fourth-order valence-electron chi connectivity index (χ4n) is 4.96. The van der Waals surface area contributed by atoms with Crippen molar-refractivity contribution in [1.82, 2.24) is 19.4 Å². The number of nitrogens with one attached hydrogen (secondary N) is 1. The number of aromatic nitrogens is 3. The van der Waals surface area contributed by atoms with Crippen molar-refractivity contribution in [2.24, 2.45) is 0 Å². The molecule has 0 unspecified atom stereocenters. The number of amides is 2. The molecule has 0 radical (unpaired) electrons. The highest BCUT2D eigenvalue weighted by Crippen LogP contribution is 2.37. The second-order valence-electron chi connectivity index (χ2n) is 9.01. The molecule has 0 bridgehead atoms. The molecule has 3 aromatic carbocycles. The van der Waals surface area contributed by atoms with Crippen LogP contribution in [0.5, 0.6) is 0 Å². The summed E-state index contributed by atoms with van der Waals surface area (Å²) in [5.74, 6) is -0.704. The average molecular weight is 461 g/mol. The molecule has 0 saturated heterocycles. The Morgan fingerprint density at radius 2 is 1.71 bits per heavy atom. The van der Waals surface area contributed by atoms with Crippen LogP contribution in [-0.2, 0) is 22.7 Å². The second-order valence-corrected chi connectivity index (χ2v) is 9.01. The van der Waals surface area contributed by atoms with E-state index in [1.807, 2.05) is 73.3 Å². The molecule has 172 valence electrons. The third-order valence-corrected chi connectivity index (χ3v) is 6.65. The van der Waals surface area contributed by atoms with Crippen LogP contribution in [0.1, 0.15) is 23.1 Å². The largest absolute Gasteiger partial charge is 0.347 e. The topological polar surface area (TPSA) is 68.9 Å². The molecule has 0 fully saturated rings. The van der Waals surface area contributed by atoms with Crippen LogP contribution >= 0.6 is 0 Å². The molecule has 0 aliphatic carbocycles. The maximum Gasteiger partial charge on any atom is 0.259 e. The van der Waals surface area contributed by atoms with Crippen LogP contribution in [0.3, 0.4) is 0 Å². The Bertz CT molecular complexity index is 1640. The minimum absolute atomic E-state index is 0.351. The zero-order valence-electron chi connectivity index (χ0n) is 19.4. The first-order valence-corrected chi connectivity index (χ1v) is 11.7. The molecule has 0 atom stereocenters. The number of hydrogen-bond acceptors (Lipinski definition) is 3. The van der Waals surface area contributed by atoms with Crippen LogP contribution < -0.4 is 5.32 Å². The molecule has 6 heteroatoms. The lowest BCUT2D eigenvalue weighted by molar-refractivity contribution is -0.122. The van der Waals surface area contributed by atoms with E-state index in [0.29, 0.717) is 11.1 Å². The first-order valence-electron chi connectivity index (χ1n) is 11.7. The summed E-state index contributed by atoms with van der Waals surface area (Å²) in [6.45, 7) is 3.70. The van der Waals surface area contributed by atoms with Crippen molar-refractivity contribution in [2.45, 2.75) is 26.4 Å². The number of carbonyl (C=O) groups excluding carboxylic acids is 2. The summed E-state index contributed by atoms with van der Waals surface area (Å²) in [6, 6.07) is 20.1. The van der Waals surface area contributed by atoms with Crippen LogP contribution in [0, 0.1) is 6.92 Å². The lowest BCUT2D eigenvalue weighted by atomic mass is 9.94. The van der Waals surface area contributed by atoms with Gasteiger partial charge in [0.2, 0.25) is 0 Å². The zero-order chi connectivity index (χ0) is 23.9. The molecule has 1 aliphatic heterocycles. The Kier molecular flexibility index (Phi) is 5.07. The average Bonchev–Trinajstić information content (AvgIpc) is 3.57. The predicted octanol–water partition coefficient (Wildman–Crippen LogP) is 4.96. The summed E-state index contributed by atoms with van der Waals surface area (Å²) >= 11 is 0. The summed E-state index contributed by atoms with van der Waals surface area (Å²) in [7, 11) is 0. The van der Waals surface area contributed by atoms with Crippen LogP contribution in [0.2, 0.25) is 0 Å². The number of carbonyl (C=O) groups is 2. The molecule has 35 heavy (non-hydrogen) atoms. The van der Waals surface area contributed by atoms with E-state index in [1.54, 1.807) is 6.20 Å². The van der Waals surface area contributed by atoms with Crippen molar-refractivity contribution < 1.29 is 9.59 Å². The van der Waals surface area contributed by atoms with Gasteiger partial charge in [-0.15, -0.1) is 0 Å². The number of nitrogens with zero attached hydrogens (tertiary/aromatic N) is 3. The number of aryl methyl sites for hydroxylation is 3. The fraction of sp³-hybridized carbons (Fsp3) is 0.138. The van der Waals surface area contributed by atoms with E-state index < -0.39 is 0 Å². The van der Waals surface area contributed by atoms with Crippen LogP contribution in [-0.4, -0.2) is 25.9 Å². The molecule has 1 N–H and O–H groups in total. The third kappa shape index (κ3) is 3.73. The van der Waals surface area contributed by atoms with E-state index in [9.17, 15) is 9.59 Å². The van der Waals surface area contributed by atoms with Crippen molar-refractivity contribution in [2.75, 3.05) is 0 Å². The van der Waals surface area contributed by atoms with Gasteiger partial charge in [0.15, 0.2) is 0 Å². The van der Waals surface area contributed by atoms with Gasteiger partial charge in [-0.3, -0.25) is 14.9 Å². The van der Waals surface area contributed by atoms with Gasteiger partial charge in [-0.25, -0.2) is 4.98 Å². The molecule has 0 saturated carbocycles. The Hall–Kier alpha value is -4.45. The molecule has 2 amide bonds. The normalized spacial score (nSPS) is 13.9. The second kappa shape index (κ2) is 8.40. The quantitative estimate of drug-likeness (QED) is 0.364. The van der Waals surface area contributed by atoms with Gasteiger partial charge in [0.25, 0.3) is 11.8 Å². The minimum Gasteiger partial charge on any atom is -0.347 e. The highest BCUT2D eigenvalue weighted by molar-refractivity contribution is 6.50. The number of benzene rings is 3. The van der Waals surface area contributed by atoms with Crippen molar-refractivity contribution >= 4 is 44.6 Å². The molecule has 3 heterocycles. The van der Waals surface area contributed by atoms with Gasteiger partial charge < -0.3 is 9.13 Å². The first kappa shape index (κ1) is 21.1. The number of hydrogen-bond donors (Lipinski definition) is 1. The molecular formula is C29H24N4O2. The maximum atomic E-state index is 13.1. The van der Waals surface area contributed by atoms with Crippen molar-refractivity contribution in [3.05, 3.63) is 102 Å². The van der Waals surface area contributed by atoms with Crippen molar-refractivity contribution in [3.63, 3.8) is 0 Å². The van der Waals surface area contributed by atoms with E-state index in [0.717, 1.165) is 57.9 Å². The van der Waals surface area contributed by atoms with E-state index in [2.05, 4.69) is 32.4 Å². The molecule has 1 aliphatic rings. The third-order valence-electron chi connectivity index (χ3n) is 6.65. The number of rotatable bonds is 6. The van der Waals surface area contributed by atoms with Gasteiger partial charge in [-0.2, -0.15) is 0 Å². The molecule has 6 rings (SSSR count). The Morgan fingerprint density at radius 1 is 0.886 bits per heavy atom. The van der Waals surface area contributed by atoms with Crippen molar-refractivity contribution in [1.29, 1.82) is 0 Å². The summed E-state index contributed by atoms with van der Waals surface area (Å²) < 4.78 is 4.25. The van der Waals surface area contributed by atoms with Gasteiger partial charge >= 0.3 is 0 Å². The van der Waals surface area contributed by atoms with Crippen LogP contribution in [0.25, 0.3) is 32.8 Å². The molecule has 6 nitrogen and oxygen atoms in total. The lowest BCUT2D eigenvalue weighted by Gasteiger charge is -2.06. The lowest BCUT2D eigenvalue weighted by Crippen LogP contribution is -2.22. The predicted molar refractivity (Wildman–Crippen MR) is 137 cm³/mol. The van der Waals surface area contributed by atoms with Crippen LogP contribution in [0.15, 0.2) is 85.6 Å². The summed E-state index contributed by atoms with van der Waals surface area (Å²) in [5.41, 5.74) is 4.60. The first-order chi connectivity index (χ1) is 17.1. The van der Waals surface area contributed by atoms with Gasteiger partial charge in [0.1, 0.15) is 0 Å². The molecular weight excluding hydrogens is 436 g/mol. The zero-order valence-corrected chi connectivity index (χ0v) is 19.4. The Labute approximate surface area is 202 Å². The highest BCUT2D eigenvalue weighted by Gasteiger charge is 2.34. The monoisotopic (exact) mass is 460 g/mol. The number of imidazole rings is 1. The number of imide groups is 1. The summed E-state index contributed by atoms with van der Waals surface area (Å²) in [5, 5.41) is 5.63. The molecule has 2 aromatic heterocycles. The number of fused-ring (bicyclic) bond motifs is 2.